The normalized spacial score (nSPS) is 24.9. The molecule has 8 heteroatoms. The summed E-state index contributed by atoms with van der Waals surface area (Å²) in [6, 6.07) is 6.10. The number of aliphatic hydroxyl groups excluding tert-OH is 1. The van der Waals surface area contributed by atoms with E-state index in [-0.39, 0.29) is 25.6 Å². The largest absolute Gasteiger partial charge is 0.459 e. The van der Waals surface area contributed by atoms with Gasteiger partial charge in [0.25, 0.3) is 5.91 Å². The average molecular weight is 501 g/mol. The summed E-state index contributed by atoms with van der Waals surface area (Å²) < 4.78 is 23.0. The highest BCUT2D eigenvalue weighted by atomic mass is 16.7. The number of rotatable bonds is 9. The van der Waals surface area contributed by atoms with Crippen LogP contribution in [0, 0.1) is 11.8 Å². The second-order valence-corrected chi connectivity index (χ2v) is 10.4. The van der Waals surface area contributed by atoms with Gasteiger partial charge in [-0.3, -0.25) is 9.69 Å². The number of hydrogen-bond donors (Lipinski definition) is 1. The minimum Gasteiger partial charge on any atom is -0.459 e. The van der Waals surface area contributed by atoms with Crippen molar-refractivity contribution in [2.24, 2.45) is 11.8 Å². The third kappa shape index (κ3) is 6.33. The Morgan fingerprint density at radius 3 is 2.64 bits per heavy atom. The molecular formula is C28H40N2O6. The first kappa shape index (κ1) is 25.4. The van der Waals surface area contributed by atoms with Crippen LogP contribution >= 0.6 is 0 Å². The van der Waals surface area contributed by atoms with Crippen molar-refractivity contribution in [3.63, 3.8) is 0 Å². The van der Waals surface area contributed by atoms with Gasteiger partial charge in [0, 0.05) is 45.8 Å². The lowest BCUT2D eigenvalue weighted by atomic mass is 9.77. The lowest BCUT2D eigenvalue weighted by Crippen LogP contribution is -2.49. The molecule has 2 fully saturated rings. The molecule has 0 bridgehead atoms. The summed E-state index contributed by atoms with van der Waals surface area (Å²) in [5.74, 6) is 3.00. The third-order valence-corrected chi connectivity index (χ3v) is 7.91. The van der Waals surface area contributed by atoms with Gasteiger partial charge in [0.1, 0.15) is 0 Å². The number of aliphatic hydroxyl groups is 1. The standard InChI is InChI=1S/C28H40N2O6/c31-14-4-5-15-33-27-18-23(22-6-2-1-3-7-22)17-26(36-27)28(32)30-12-10-29(11-13-30)19-21-8-9-24-25(16-21)35-20-34-24/h8-9,16-17,22-23,27,31H,1-7,10-15,18-20H2/t23-,27+/m1/s1. The fraction of sp³-hybridized carbons (Fsp3) is 0.679. The van der Waals surface area contributed by atoms with Crippen molar-refractivity contribution in [1.82, 2.24) is 9.80 Å². The van der Waals surface area contributed by atoms with Crippen LogP contribution in [0.25, 0.3) is 0 Å². The van der Waals surface area contributed by atoms with Crippen molar-refractivity contribution in [2.45, 2.75) is 64.2 Å². The summed E-state index contributed by atoms with van der Waals surface area (Å²) in [5.41, 5.74) is 1.19. The predicted molar refractivity (Wildman–Crippen MR) is 134 cm³/mol. The summed E-state index contributed by atoms with van der Waals surface area (Å²) in [6.45, 7) is 4.83. The molecule has 2 atom stereocenters. The van der Waals surface area contributed by atoms with E-state index in [1.807, 2.05) is 17.0 Å². The number of nitrogens with zero attached hydrogens (tertiary/aromatic N) is 2. The van der Waals surface area contributed by atoms with Crippen molar-refractivity contribution in [3.05, 3.63) is 35.6 Å². The van der Waals surface area contributed by atoms with Crippen molar-refractivity contribution in [2.75, 3.05) is 46.2 Å². The Kier molecular flexibility index (Phi) is 8.67. The summed E-state index contributed by atoms with van der Waals surface area (Å²) in [7, 11) is 0. The zero-order valence-electron chi connectivity index (χ0n) is 21.2. The number of carbonyl (C=O) groups excluding carboxylic acids is 1. The molecule has 0 unspecified atom stereocenters. The van der Waals surface area contributed by atoms with E-state index in [2.05, 4.69) is 17.0 Å². The molecular weight excluding hydrogens is 460 g/mol. The van der Waals surface area contributed by atoms with Gasteiger partial charge in [-0.2, -0.15) is 0 Å². The number of unbranched alkanes of at least 4 members (excludes halogenated alkanes) is 1. The van der Waals surface area contributed by atoms with Gasteiger partial charge in [0.15, 0.2) is 17.3 Å². The minimum atomic E-state index is -0.383. The minimum absolute atomic E-state index is 0.0119. The third-order valence-electron chi connectivity index (χ3n) is 7.91. The van der Waals surface area contributed by atoms with Crippen LogP contribution in [-0.4, -0.2) is 73.3 Å². The number of carbonyl (C=O) groups is 1. The second kappa shape index (κ2) is 12.3. The number of allylic oxidation sites excluding steroid dienone is 1. The highest BCUT2D eigenvalue weighted by Gasteiger charge is 2.35. The van der Waals surface area contributed by atoms with Crippen LogP contribution in [0.5, 0.6) is 11.5 Å². The van der Waals surface area contributed by atoms with Crippen molar-refractivity contribution in [3.8, 4) is 11.5 Å². The molecule has 8 nitrogen and oxygen atoms in total. The molecule has 1 saturated carbocycles. The topological polar surface area (TPSA) is 80.7 Å². The number of ether oxygens (including phenoxy) is 4. The van der Waals surface area contributed by atoms with Gasteiger partial charge in [0.2, 0.25) is 13.1 Å². The molecule has 4 aliphatic rings. The Morgan fingerprint density at radius 1 is 1.03 bits per heavy atom. The van der Waals surface area contributed by atoms with Crippen LogP contribution in [0.3, 0.4) is 0 Å². The summed E-state index contributed by atoms with van der Waals surface area (Å²) in [6.07, 6.45) is 10.3. The lowest BCUT2D eigenvalue weighted by molar-refractivity contribution is -0.158. The molecule has 3 heterocycles. The van der Waals surface area contributed by atoms with Gasteiger partial charge in [-0.25, -0.2) is 0 Å². The Morgan fingerprint density at radius 2 is 1.83 bits per heavy atom. The summed E-state index contributed by atoms with van der Waals surface area (Å²) >= 11 is 0. The van der Waals surface area contributed by atoms with Gasteiger partial charge in [-0.15, -0.1) is 0 Å². The molecule has 0 aromatic heterocycles. The highest BCUT2D eigenvalue weighted by Crippen LogP contribution is 2.38. The summed E-state index contributed by atoms with van der Waals surface area (Å²) in [5, 5.41) is 9.05. The number of benzene rings is 1. The second-order valence-electron chi connectivity index (χ2n) is 10.4. The molecule has 1 aliphatic carbocycles. The highest BCUT2D eigenvalue weighted by molar-refractivity contribution is 5.91. The molecule has 0 spiro atoms. The molecule has 0 radical (unpaired) electrons. The van der Waals surface area contributed by atoms with E-state index in [4.69, 9.17) is 24.1 Å². The molecule has 1 aromatic carbocycles. The first-order valence-corrected chi connectivity index (χ1v) is 13.7. The van der Waals surface area contributed by atoms with Crippen molar-refractivity contribution >= 4 is 5.91 Å². The van der Waals surface area contributed by atoms with E-state index in [1.165, 1.54) is 37.7 Å². The molecule has 3 aliphatic heterocycles. The number of amides is 1. The molecule has 1 saturated heterocycles. The zero-order chi connectivity index (χ0) is 24.7. The van der Waals surface area contributed by atoms with Crippen molar-refractivity contribution in [1.29, 1.82) is 0 Å². The number of piperazine rings is 1. The van der Waals surface area contributed by atoms with Gasteiger partial charge in [-0.1, -0.05) is 25.3 Å². The number of hydrogen-bond acceptors (Lipinski definition) is 7. The Labute approximate surface area is 214 Å². The molecule has 198 valence electrons. The van der Waals surface area contributed by atoms with Crippen LogP contribution in [0.15, 0.2) is 30.0 Å². The van der Waals surface area contributed by atoms with Crippen LogP contribution in [0.2, 0.25) is 0 Å². The predicted octanol–water partition coefficient (Wildman–Crippen LogP) is 3.68. The van der Waals surface area contributed by atoms with Crippen LogP contribution in [0.1, 0.15) is 56.9 Å². The van der Waals surface area contributed by atoms with E-state index in [0.717, 1.165) is 50.4 Å². The van der Waals surface area contributed by atoms with Crippen molar-refractivity contribution < 1.29 is 28.8 Å². The smallest absolute Gasteiger partial charge is 0.288 e. The van der Waals surface area contributed by atoms with E-state index >= 15 is 0 Å². The quantitative estimate of drug-likeness (QED) is 0.518. The van der Waals surface area contributed by atoms with E-state index in [9.17, 15) is 4.79 Å². The maximum Gasteiger partial charge on any atom is 0.288 e. The maximum absolute atomic E-state index is 13.5. The fourth-order valence-electron chi connectivity index (χ4n) is 5.82. The maximum atomic E-state index is 13.5. The molecule has 1 amide bonds. The van der Waals surface area contributed by atoms with Crippen LogP contribution in [-0.2, 0) is 20.8 Å². The van der Waals surface area contributed by atoms with Crippen LogP contribution < -0.4 is 9.47 Å². The first-order valence-electron chi connectivity index (χ1n) is 13.7. The Bertz CT molecular complexity index is 907. The molecule has 1 aromatic rings. The first-order chi connectivity index (χ1) is 17.7. The molecule has 1 N–H and O–H groups in total. The van der Waals surface area contributed by atoms with Gasteiger partial charge < -0.3 is 29.0 Å². The Balaban J connectivity index is 1.17. The number of fused-ring (bicyclic) bond motifs is 1. The zero-order valence-corrected chi connectivity index (χ0v) is 21.2. The van der Waals surface area contributed by atoms with Gasteiger partial charge in [-0.05, 0) is 61.3 Å². The lowest BCUT2D eigenvalue weighted by Gasteiger charge is -2.38. The molecule has 5 rings (SSSR count). The van der Waals surface area contributed by atoms with Gasteiger partial charge in [0.05, 0.1) is 6.61 Å². The van der Waals surface area contributed by atoms with Gasteiger partial charge >= 0.3 is 0 Å². The van der Waals surface area contributed by atoms with E-state index in [1.54, 1.807) is 0 Å². The molecule has 36 heavy (non-hydrogen) atoms. The van der Waals surface area contributed by atoms with Crippen LogP contribution in [0.4, 0.5) is 0 Å². The fourth-order valence-corrected chi connectivity index (χ4v) is 5.82. The van der Waals surface area contributed by atoms with E-state index < -0.39 is 0 Å². The van der Waals surface area contributed by atoms with E-state index in [0.29, 0.717) is 37.3 Å². The monoisotopic (exact) mass is 500 g/mol. The Hall–Kier alpha value is -2.29. The summed E-state index contributed by atoms with van der Waals surface area (Å²) in [4.78, 5) is 17.8. The SMILES string of the molecule is O=C(C1=C[C@@H](C2CCCCC2)C[C@@H](OCCCCO)O1)N1CCN(Cc2ccc3c(c2)OCO3)CC1. The average Bonchev–Trinajstić information content (AvgIpc) is 3.40.